The second-order valence-corrected chi connectivity index (χ2v) is 4.97. The van der Waals surface area contributed by atoms with Gasteiger partial charge in [-0.15, -0.1) is 0 Å². The van der Waals surface area contributed by atoms with Gasteiger partial charge in [0, 0.05) is 18.0 Å². The Morgan fingerprint density at radius 2 is 1.65 bits per heavy atom. The lowest BCUT2D eigenvalue weighted by molar-refractivity contribution is 0.468. The first-order valence-electron chi connectivity index (χ1n) is 6.47. The van der Waals surface area contributed by atoms with E-state index in [0.717, 1.165) is 16.6 Å². The molecule has 0 amide bonds. The van der Waals surface area contributed by atoms with E-state index in [-0.39, 0.29) is 11.2 Å². The predicted octanol–water partition coefficient (Wildman–Crippen LogP) is 3.22. The van der Waals surface area contributed by atoms with Gasteiger partial charge in [-0.3, -0.25) is 4.79 Å². The van der Waals surface area contributed by atoms with Crippen molar-refractivity contribution in [1.29, 1.82) is 0 Å². The zero-order chi connectivity index (χ0) is 14.3. The highest BCUT2D eigenvalue weighted by Crippen LogP contribution is 2.29. The number of benzene rings is 2. The molecule has 0 spiro atoms. The molecule has 1 aromatic heterocycles. The van der Waals surface area contributed by atoms with Gasteiger partial charge in [0.05, 0.1) is 11.2 Å². The second-order valence-electron chi connectivity index (χ2n) is 4.97. The fourth-order valence-corrected chi connectivity index (χ4v) is 2.51. The van der Waals surface area contributed by atoms with Gasteiger partial charge in [0.1, 0.15) is 0 Å². The second kappa shape index (κ2) is 4.53. The summed E-state index contributed by atoms with van der Waals surface area (Å²) in [4.78, 5) is 12.3. The van der Waals surface area contributed by atoms with Crippen molar-refractivity contribution in [3.63, 3.8) is 0 Å². The van der Waals surface area contributed by atoms with Crippen molar-refractivity contribution in [1.82, 2.24) is 4.57 Å². The molecule has 0 bridgehead atoms. The molecule has 3 aromatic rings. The topological polar surface area (TPSA) is 42.2 Å². The van der Waals surface area contributed by atoms with Crippen LogP contribution in [0.1, 0.15) is 5.56 Å². The van der Waals surface area contributed by atoms with Crippen LogP contribution in [-0.4, -0.2) is 9.67 Å². The Hall–Kier alpha value is -2.55. The number of pyridine rings is 1. The minimum Gasteiger partial charge on any atom is -0.503 e. The van der Waals surface area contributed by atoms with Gasteiger partial charge in [-0.1, -0.05) is 42.0 Å². The van der Waals surface area contributed by atoms with Crippen molar-refractivity contribution in [2.45, 2.75) is 6.92 Å². The maximum Gasteiger partial charge on any atom is 0.231 e. The molecule has 3 nitrogen and oxygen atoms in total. The van der Waals surface area contributed by atoms with Crippen molar-refractivity contribution >= 4 is 10.9 Å². The van der Waals surface area contributed by atoms with Crippen LogP contribution in [-0.2, 0) is 7.05 Å². The zero-order valence-corrected chi connectivity index (χ0v) is 11.4. The van der Waals surface area contributed by atoms with Gasteiger partial charge >= 0.3 is 0 Å². The number of nitrogens with zero attached hydrogens (tertiary/aromatic N) is 1. The molecule has 100 valence electrons. The van der Waals surface area contributed by atoms with E-state index in [1.807, 2.05) is 54.9 Å². The number of aromatic hydroxyl groups is 1. The SMILES string of the molecule is Cc1ccc(-c2c(O)c(=O)c3ccccc3n2C)cc1. The lowest BCUT2D eigenvalue weighted by Crippen LogP contribution is -2.10. The van der Waals surface area contributed by atoms with E-state index >= 15 is 0 Å². The van der Waals surface area contributed by atoms with Crippen molar-refractivity contribution in [3.8, 4) is 17.0 Å². The molecule has 0 radical (unpaired) electrons. The third-order valence-corrected chi connectivity index (χ3v) is 3.61. The van der Waals surface area contributed by atoms with Crippen LogP contribution < -0.4 is 5.43 Å². The van der Waals surface area contributed by atoms with Crippen LogP contribution in [0, 0.1) is 6.92 Å². The number of aryl methyl sites for hydroxylation is 2. The fraction of sp³-hybridized carbons (Fsp3) is 0.118. The van der Waals surface area contributed by atoms with E-state index in [1.165, 1.54) is 0 Å². The van der Waals surface area contributed by atoms with Crippen LogP contribution in [0.25, 0.3) is 22.2 Å². The third kappa shape index (κ3) is 1.79. The third-order valence-electron chi connectivity index (χ3n) is 3.61. The van der Waals surface area contributed by atoms with Crippen molar-refractivity contribution < 1.29 is 5.11 Å². The molecule has 1 heterocycles. The summed E-state index contributed by atoms with van der Waals surface area (Å²) in [5.74, 6) is -0.199. The van der Waals surface area contributed by atoms with E-state index in [9.17, 15) is 9.90 Å². The van der Waals surface area contributed by atoms with Crippen LogP contribution in [0.5, 0.6) is 5.75 Å². The Bertz CT molecular complexity index is 845. The quantitative estimate of drug-likeness (QED) is 0.734. The van der Waals surface area contributed by atoms with Gasteiger partial charge in [0.15, 0.2) is 5.75 Å². The summed E-state index contributed by atoms with van der Waals surface area (Å²) >= 11 is 0. The lowest BCUT2D eigenvalue weighted by Gasteiger charge is -2.14. The number of fused-ring (bicyclic) bond motifs is 1. The Balaban J connectivity index is 2.42. The Morgan fingerprint density at radius 3 is 2.35 bits per heavy atom. The Labute approximate surface area is 116 Å². The fourth-order valence-electron chi connectivity index (χ4n) is 2.51. The number of para-hydroxylation sites is 1. The highest BCUT2D eigenvalue weighted by molar-refractivity contribution is 5.85. The van der Waals surface area contributed by atoms with Gasteiger partial charge in [-0.2, -0.15) is 0 Å². The summed E-state index contributed by atoms with van der Waals surface area (Å²) in [6.45, 7) is 2.00. The maximum absolute atomic E-state index is 12.3. The zero-order valence-electron chi connectivity index (χ0n) is 11.4. The van der Waals surface area contributed by atoms with Gasteiger partial charge in [0.2, 0.25) is 5.43 Å². The van der Waals surface area contributed by atoms with E-state index in [1.54, 1.807) is 12.1 Å². The van der Waals surface area contributed by atoms with Crippen LogP contribution in [0.15, 0.2) is 53.3 Å². The summed E-state index contributed by atoms with van der Waals surface area (Å²) in [6, 6.07) is 15.1. The Kier molecular flexibility index (Phi) is 2.83. The predicted molar refractivity (Wildman–Crippen MR) is 81.0 cm³/mol. The number of rotatable bonds is 1. The highest BCUT2D eigenvalue weighted by Gasteiger charge is 2.15. The molecule has 0 aliphatic rings. The first-order chi connectivity index (χ1) is 9.59. The molecule has 20 heavy (non-hydrogen) atoms. The first kappa shape index (κ1) is 12.5. The summed E-state index contributed by atoms with van der Waals surface area (Å²) in [5.41, 5.74) is 3.01. The molecule has 1 N–H and O–H groups in total. The molecule has 3 rings (SSSR count). The maximum atomic E-state index is 12.3. The largest absolute Gasteiger partial charge is 0.503 e. The van der Waals surface area contributed by atoms with Gasteiger partial charge in [-0.05, 0) is 19.1 Å². The average molecular weight is 265 g/mol. The highest BCUT2D eigenvalue weighted by atomic mass is 16.3. The Morgan fingerprint density at radius 1 is 1.00 bits per heavy atom. The molecule has 0 atom stereocenters. The van der Waals surface area contributed by atoms with Crippen LogP contribution in [0.4, 0.5) is 0 Å². The molecule has 0 fully saturated rings. The number of hydrogen-bond acceptors (Lipinski definition) is 2. The van der Waals surface area contributed by atoms with Crippen molar-refractivity contribution in [3.05, 3.63) is 64.3 Å². The molecule has 2 aromatic carbocycles. The summed E-state index contributed by atoms with van der Waals surface area (Å²) in [7, 11) is 1.86. The van der Waals surface area contributed by atoms with Gasteiger partial charge < -0.3 is 9.67 Å². The minimum atomic E-state index is -0.325. The van der Waals surface area contributed by atoms with E-state index in [0.29, 0.717) is 11.1 Å². The van der Waals surface area contributed by atoms with E-state index < -0.39 is 0 Å². The molecule has 0 saturated carbocycles. The van der Waals surface area contributed by atoms with Crippen LogP contribution in [0.2, 0.25) is 0 Å². The lowest BCUT2D eigenvalue weighted by atomic mass is 10.1. The molecular weight excluding hydrogens is 250 g/mol. The number of hydrogen-bond donors (Lipinski definition) is 1. The molecule has 0 aliphatic carbocycles. The van der Waals surface area contributed by atoms with Gasteiger partial charge in [0.25, 0.3) is 0 Å². The average Bonchev–Trinajstić information content (AvgIpc) is 2.47. The standard InChI is InChI=1S/C17H15NO2/c1-11-7-9-12(10-8-11)15-17(20)16(19)13-5-3-4-6-14(13)18(15)2/h3-10,20H,1-2H3. The smallest absolute Gasteiger partial charge is 0.231 e. The van der Waals surface area contributed by atoms with Gasteiger partial charge in [-0.25, -0.2) is 0 Å². The van der Waals surface area contributed by atoms with Crippen LogP contribution >= 0.6 is 0 Å². The molecular formula is C17H15NO2. The first-order valence-corrected chi connectivity index (χ1v) is 6.47. The van der Waals surface area contributed by atoms with Crippen molar-refractivity contribution in [2.24, 2.45) is 7.05 Å². The number of aromatic nitrogens is 1. The summed E-state index contributed by atoms with van der Waals surface area (Å²) < 4.78 is 1.86. The molecule has 0 saturated heterocycles. The van der Waals surface area contributed by atoms with E-state index in [4.69, 9.17) is 0 Å². The molecule has 0 unspecified atom stereocenters. The normalized spacial score (nSPS) is 10.9. The van der Waals surface area contributed by atoms with E-state index in [2.05, 4.69) is 0 Å². The monoisotopic (exact) mass is 265 g/mol. The molecule has 3 heteroatoms. The van der Waals surface area contributed by atoms with Crippen LogP contribution in [0.3, 0.4) is 0 Å². The summed E-state index contributed by atoms with van der Waals surface area (Å²) in [5, 5.41) is 10.8. The minimum absolute atomic E-state index is 0.199. The molecule has 0 aliphatic heterocycles. The van der Waals surface area contributed by atoms with Crippen molar-refractivity contribution in [2.75, 3.05) is 0 Å². The summed E-state index contributed by atoms with van der Waals surface area (Å²) in [6.07, 6.45) is 0.